The average Bonchev–Trinajstić information content (AvgIpc) is 3.17. The average molecular weight is 413 g/mol. The van der Waals surface area contributed by atoms with Crippen LogP contribution in [0.5, 0.6) is 11.5 Å². The lowest BCUT2D eigenvalue weighted by atomic mass is 10.2. The summed E-state index contributed by atoms with van der Waals surface area (Å²) >= 11 is 1.36. The summed E-state index contributed by atoms with van der Waals surface area (Å²) in [5.74, 6) is 2.25. The van der Waals surface area contributed by atoms with Crippen LogP contribution in [0.15, 0.2) is 59.8 Å². The zero-order valence-corrected chi connectivity index (χ0v) is 17.3. The van der Waals surface area contributed by atoms with E-state index in [1.165, 1.54) is 11.8 Å². The Hall–Kier alpha value is -3.00. The van der Waals surface area contributed by atoms with Crippen molar-refractivity contribution in [1.82, 2.24) is 20.1 Å². The number of carbonyl (C=O) groups excluding carboxylic acids is 1. The van der Waals surface area contributed by atoms with E-state index in [1.54, 1.807) is 7.11 Å². The molecule has 0 radical (unpaired) electrons. The number of benzene rings is 2. The van der Waals surface area contributed by atoms with E-state index in [0.29, 0.717) is 35.6 Å². The highest BCUT2D eigenvalue weighted by molar-refractivity contribution is 7.99. The van der Waals surface area contributed by atoms with Gasteiger partial charge >= 0.3 is 0 Å². The molecule has 0 aliphatic carbocycles. The maximum Gasteiger partial charge on any atom is 0.230 e. The van der Waals surface area contributed by atoms with Gasteiger partial charge in [-0.3, -0.25) is 4.79 Å². The Labute approximate surface area is 174 Å². The molecule has 2 aromatic carbocycles. The van der Waals surface area contributed by atoms with Gasteiger partial charge in [-0.25, -0.2) is 0 Å². The second kappa shape index (κ2) is 10.5. The molecule has 8 heteroatoms. The fourth-order valence-corrected chi connectivity index (χ4v) is 3.56. The van der Waals surface area contributed by atoms with E-state index in [0.717, 1.165) is 5.56 Å². The Bertz CT molecular complexity index is 931. The predicted molar refractivity (Wildman–Crippen MR) is 112 cm³/mol. The minimum Gasteiger partial charge on any atom is -0.493 e. The molecule has 1 amide bonds. The predicted octanol–water partition coefficient (Wildman–Crippen LogP) is 3.29. The largest absolute Gasteiger partial charge is 0.493 e. The summed E-state index contributed by atoms with van der Waals surface area (Å²) in [5, 5.41) is 12.1. The van der Waals surface area contributed by atoms with Crippen molar-refractivity contribution in [2.45, 2.75) is 31.8 Å². The lowest BCUT2D eigenvalue weighted by Crippen LogP contribution is -2.24. The first-order valence-corrected chi connectivity index (χ1v) is 10.3. The third-order valence-electron chi connectivity index (χ3n) is 4.20. The zero-order valence-electron chi connectivity index (χ0n) is 16.5. The van der Waals surface area contributed by atoms with Crippen LogP contribution in [0.3, 0.4) is 0 Å². The summed E-state index contributed by atoms with van der Waals surface area (Å²) in [6.45, 7) is 3.47. The van der Waals surface area contributed by atoms with Gasteiger partial charge in [-0.15, -0.1) is 10.2 Å². The molecule has 29 heavy (non-hydrogen) atoms. The van der Waals surface area contributed by atoms with Crippen LogP contribution in [-0.2, 0) is 24.5 Å². The smallest absolute Gasteiger partial charge is 0.230 e. The molecule has 0 saturated carbocycles. The molecule has 1 aromatic heterocycles. The molecule has 0 unspecified atom stereocenters. The van der Waals surface area contributed by atoms with E-state index in [4.69, 9.17) is 9.47 Å². The van der Waals surface area contributed by atoms with E-state index in [9.17, 15) is 4.79 Å². The van der Waals surface area contributed by atoms with Crippen LogP contribution in [0.2, 0.25) is 0 Å². The second-order valence-electron chi connectivity index (χ2n) is 6.13. The van der Waals surface area contributed by atoms with Gasteiger partial charge in [0.25, 0.3) is 0 Å². The third kappa shape index (κ3) is 5.74. The molecule has 0 bridgehead atoms. The molecule has 0 aliphatic heterocycles. The van der Waals surface area contributed by atoms with Gasteiger partial charge in [0.1, 0.15) is 6.61 Å². The van der Waals surface area contributed by atoms with Gasteiger partial charge in [0.2, 0.25) is 5.91 Å². The summed E-state index contributed by atoms with van der Waals surface area (Å²) in [6.07, 6.45) is 0. The number of para-hydroxylation sites is 2. The van der Waals surface area contributed by atoms with Crippen molar-refractivity contribution < 1.29 is 14.3 Å². The first-order chi connectivity index (χ1) is 14.2. The standard InChI is InChI=1S/C21H24N4O3S/c1-3-25-19(14-28-18-12-8-7-11-17(18)27-2)23-24-21(25)29-15-20(26)22-13-16-9-5-4-6-10-16/h4-12H,3,13-15H2,1-2H3,(H,22,26). The Balaban J connectivity index is 1.54. The summed E-state index contributed by atoms with van der Waals surface area (Å²) in [7, 11) is 1.61. The Kier molecular flexibility index (Phi) is 7.52. The van der Waals surface area contributed by atoms with Crippen molar-refractivity contribution in [3.05, 3.63) is 66.0 Å². The van der Waals surface area contributed by atoms with Crippen molar-refractivity contribution in [2.24, 2.45) is 0 Å². The van der Waals surface area contributed by atoms with Gasteiger partial charge in [0.15, 0.2) is 22.5 Å². The fraction of sp³-hybridized carbons (Fsp3) is 0.286. The van der Waals surface area contributed by atoms with E-state index in [-0.39, 0.29) is 18.3 Å². The van der Waals surface area contributed by atoms with Crippen molar-refractivity contribution >= 4 is 17.7 Å². The number of carbonyl (C=O) groups is 1. The zero-order chi connectivity index (χ0) is 20.5. The van der Waals surface area contributed by atoms with Crippen LogP contribution >= 0.6 is 11.8 Å². The molecule has 0 saturated heterocycles. The molecular formula is C21H24N4O3S. The Morgan fingerprint density at radius 3 is 2.52 bits per heavy atom. The SMILES string of the molecule is CCn1c(COc2ccccc2OC)nnc1SCC(=O)NCc1ccccc1. The van der Waals surface area contributed by atoms with E-state index < -0.39 is 0 Å². The molecule has 0 fully saturated rings. The second-order valence-corrected chi connectivity index (χ2v) is 7.08. The number of nitrogens with one attached hydrogen (secondary N) is 1. The van der Waals surface area contributed by atoms with Crippen molar-refractivity contribution in [3.63, 3.8) is 0 Å². The number of methoxy groups -OCH3 is 1. The minimum atomic E-state index is -0.0451. The number of nitrogens with zero attached hydrogens (tertiary/aromatic N) is 3. The van der Waals surface area contributed by atoms with Crippen LogP contribution in [0, 0.1) is 0 Å². The van der Waals surface area contributed by atoms with Crippen molar-refractivity contribution in [3.8, 4) is 11.5 Å². The van der Waals surface area contributed by atoms with Crippen LogP contribution in [0.1, 0.15) is 18.3 Å². The monoisotopic (exact) mass is 412 g/mol. The number of aromatic nitrogens is 3. The normalized spacial score (nSPS) is 10.6. The lowest BCUT2D eigenvalue weighted by Gasteiger charge is -2.11. The molecule has 152 valence electrons. The number of hydrogen-bond donors (Lipinski definition) is 1. The van der Waals surface area contributed by atoms with Crippen LogP contribution in [-0.4, -0.2) is 33.5 Å². The Morgan fingerprint density at radius 2 is 1.79 bits per heavy atom. The summed E-state index contributed by atoms with van der Waals surface area (Å²) in [6, 6.07) is 17.3. The molecule has 1 N–H and O–H groups in total. The maximum atomic E-state index is 12.1. The van der Waals surface area contributed by atoms with Gasteiger partial charge in [0, 0.05) is 13.1 Å². The minimum absolute atomic E-state index is 0.0451. The highest BCUT2D eigenvalue weighted by Crippen LogP contribution is 2.27. The molecule has 0 aliphatic rings. The molecule has 0 atom stereocenters. The maximum absolute atomic E-state index is 12.1. The van der Waals surface area contributed by atoms with E-state index in [2.05, 4.69) is 15.5 Å². The van der Waals surface area contributed by atoms with Crippen LogP contribution in [0.25, 0.3) is 0 Å². The number of ether oxygens (including phenoxy) is 2. The van der Waals surface area contributed by atoms with Gasteiger partial charge in [0.05, 0.1) is 12.9 Å². The number of amides is 1. The van der Waals surface area contributed by atoms with Gasteiger partial charge in [-0.05, 0) is 24.6 Å². The molecule has 1 heterocycles. The van der Waals surface area contributed by atoms with Crippen LogP contribution in [0.4, 0.5) is 0 Å². The number of hydrogen-bond acceptors (Lipinski definition) is 6. The topological polar surface area (TPSA) is 78.3 Å². The molecule has 7 nitrogen and oxygen atoms in total. The Morgan fingerprint density at radius 1 is 1.07 bits per heavy atom. The fourth-order valence-electron chi connectivity index (χ4n) is 2.71. The number of rotatable bonds is 10. The van der Waals surface area contributed by atoms with Crippen LogP contribution < -0.4 is 14.8 Å². The first kappa shape index (κ1) is 20.7. The highest BCUT2D eigenvalue weighted by Gasteiger charge is 2.14. The van der Waals surface area contributed by atoms with E-state index in [1.807, 2.05) is 66.1 Å². The summed E-state index contributed by atoms with van der Waals surface area (Å²) in [4.78, 5) is 12.1. The van der Waals surface area contributed by atoms with E-state index >= 15 is 0 Å². The molecule has 3 aromatic rings. The summed E-state index contributed by atoms with van der Waals surface area (Å²) < 4.78 is 13.1. The first-order valence-electron chi connectivity index (χ1n) is 9.32. The lowest BCUT2D eigenvalue weighted by molar-refractivity contribution is -0.118. The third-order valence-corrected chi connectivity index (χ3v) is 5.17. The highest BCUT2D eigenvalue weighted by atomic mass is 32.2. The van der Waals surface area contributed by atoms with Crippen molar-refractivity contribution in [2.75, 3.05) is 12.9 Å². The van der Waals surface area contributed by atoms with Gasteiger partial charge < -0.3 is 19.4 Å². The molecule has 3 rings (SSSR count). The molecule has 0 spiro atoms. The summed E-state index contributed by atoms with van der Waals surface area (Å²) in [5.41, 5.74) is 1.07. The van der Waals surface area contributed by atoms with Gasteiger partial charge in [-0.1, -0.05) is 54.2 Å². The quantitative estimate of drug-likeness (QED) is 0.515. The molecular weight excluding hydrogens is 388 g/mol. The van der Waals surface area contributed by atoms with Gasteiger partial charge in [-0.2, -0.15) is 0 Å². The van der Waals surface area contributed by atoms with Crippen molar-refractivity contribution in [1.29, 1.82) is 0 Å². The number of thioether (sulfide) groups is 1.